The predicted octanol–water partition coefficient (Wildman–Crippen LogP) is 6.60. The Hall–Kier alpha value is -0.0400. The second-order valence-corrected chi connectivity index (χ2v) is 9.03. The molecule has 3 fully saturated rings. The third kappa shape index (κ3) is 4.74. The first-order valence-electron chi connectivity index (χ1n) is 10.8. The summed E-state index contributed by atoms with van der Waals surface area (Å²) in [6.07, 6.45) is 21.3. The van der Waals surface area contributed by atoms with Gasteiger partial charge in [0.05, 0.1) is 6.10 Å². The molecule has 0 bridgehead atoms. The summed E-state index contributed by atoms with van der Waals surface area (Å²) < 4.78 is 5.66. The molecule has 3 saturated carbocycles. The Balaban J connectivity index is 1.40. The summed E-state index contributed by atoms with van der Waals surface area (Å²) >= 11 is 0. The number of ether oxygens (including phenoxy) is 1. The summed E-state index contributed by atoms with van der Waals surface area (Å²) in [5, 5.41) is 0. The highest BCUT2D eigenvalue weighted by Crippen LogP contribution is 2.45. The molecule has 0 spiro atoms. The van der Waals surface area contributed by atoms with Gasteiger partial charge in [-0.05, 0) is 87.4 Å². The molecule has 0 radical (unpaired) electrons. The van der Waals surface area contributed by atoms with Crippen molar-refractivity contribution in [3.63, 3.8) is 0 Å². The maximum Gasteiger partial charge on any atom is 0.0574 e. The minimum Gasteiger partial charge on any atom is -0.381 e. The molecule has 1 nitrogen and oxygen atoms in total. The van der Waals surface area contributed by atoms with E-state index in [1.807, 2.05) is 7.11 Å². The molecule has 0 N–H and O–H groups in total. The van der Waals surface area contributed by atoms with Crippen molar-refractivity contribution in [2.75, 3.05) is 7.11 Å². The third-order valence-electron chi connectivity index (χ3n) is 7.74. The van der Waals surface area contributed by atoms with E-state index in [0.29, 0.717) is 6.10 Å². The topological polar surface area (TPSA) is 9.23 Å². The van der Waals surface area contributed by atoms with Crippen molar-refractivity contribution in [2.45, 2.75) is 103 Å². The van der Waals surface area contributed by atoms with E-state index >= 15 is 0 Å². The maximum absolute atomic E-state index is 5.66. The molecule has 2 atom stereocenters. The Morgan fingerprint density at radius 3 is 1.83 bits per heavy atom. The molecule has 0 aromatic carbocycles. The minimum absolute atomic E-state index is 0.570. The molecular weight excluding hydrogens is 280 g/mol. The van der Waals surface area contributed by atoms with Crippen LogP contribution in [0.15, 0.2) is 0 Å². The molecule has 23 heavy (non-hydrogen) atoms. The van der Waals surface area contributed by atoms with Crippen LogP contribution in [0.25, 0.3) is 0 Å². The van der Waals surface area contributed by atoms with Crippen LogP contribution in [0.5, 0.6) is 0 Å². The quantitative estimate of drug-likeness (QED) is 0.554. The van der Waals surface area contributed by atoms with Gasteiger partial charge in [0.1, 0.15) is 0 Å². The Morgan fingerprint density at radius 1 is 0.696 bits per heavy atom. The van der Waals surface area contributed by atoms with Gasteiger partial charge in [0.15, 0.2) is 0 Å². The molecule has 0 amide bonds. The number of hydrogen-bond acceptors (Lipinski definition) is 1. The van der Waals surface area contributed by atoms with Gasteiger partial charge in [0.2, 0.25) is 0 Å². The van der Waals surface area contributed by atoms with Crippen LogP contribution in [-0.4, -0.2) is 13.2 Å². The Morgan fingerprint density at radius 2 is 1.26 bits per heavy atom. The Bertz CT molecular complexity index is 323. The van der Waals surface area contributed by atoms with E-state index in [0.717, 1.165) is 29.6 Å². The highest BCUT2D eigenvalue weighted by Gasteiger charge is 2.34. The Kier molecular flexibility index (Phi) is 6.86. The molecule has 2 unspecified atom stereocenters. The average molecular weight is 321 g/mol. The smallest absolute Gasteiger partial charge is 0.0574 e. The first-order chi connectivity index (χ1) is 11.3. The van der Waals surface area contributed by atoms with Crippen molar-refractivity contribution in [2.24, 2.45) is 29.6 Å². The van der Waals surface area contributed by atoms with Crippen molar-refractivity contribution in [3.05, 3.63) is 0 Å². The molecule has 0 aliphatic heterocycles. The van der Waals surface area contributed by atoms with Crippen molar-refractivity contribution in [1.82, 2.24) is 0 Å². The van der Waals surface area contributed by atoms with Gasteiger partial charge >= 0.3 is 0 Å². The van der Waals surface area contributed by atoms with Crippen LogP contribution in [0.4, 0.5) is 0 Å². The largest absolute Gasteiger partial charge is 0.381 e. The molecular formula is C22H40O. The summed E-state index contributed by atoms with van der Waals surface area (Å²) in [5.41, 5.74) is 0. The van der Waals surface area contributed by atoms with Crippen LogP contribution in [0, 0.1) is 29.6 Å². The van der Waals surface area contributed by atoms with Crippen LogP contribution < -0.4 is 0 Å². The zero-order valence-corrected chi connectivity index (χ0v) is 15.8. The lowest BCUT2D eigenvalue weighted by Gasteiger charge is -2.41. The Labute approximate surface area is 144 Å². The van der Waals surface area contributed by atoms with E-state index in [1.54, 1.807) is 25.7 Å². The predicted molar refractivity (Wildman–Crippen MR) is 98.6 cm³/mol. The molecule has 3 aliphatic rings. The lowest BCUT2D eigenvalue weighted by atomic mass is 9.65. The second-order valence-electron chi connectivity index (χ2n) is 9.03. The van der Waals surface area contributed by atoms with E-state index in [2.05, 4.69) is 6.92 Å². The van der Waals surface area contributed by atoms with Gasteiger partial charge in [-0.3, -0.25) is 0 Å². The molecule has 0 heterocycles. The summed E-state index contributed by atoms with van der Waals surface area (Å²) in [7, 11) is 1.92. The standard InChI is InChI=1S/C22H40O/c1-3-5-17-8-10-18(11-9-17)19-12-14-20(15-13-19)21-6-4-7-22(16-21)23-2/h17-22H,3-16H2,1-2H3. The van der Waals surface area contributed by atoms with Gasteiger partial charge in [-0.25, -0.2) is 0 Å². The highest BCUT2D eigenvalue weighted by molar-refractivity contribution is 4.86. The summed E-state index contributed by atoms with van der Waals surface area (Å²) in [6.45, 7) is 2.35. The van der Waals surface area contributed by atoms with E-state index in [-0.39, 0.29) is 0 Å². The van der Waals surface area contributed by atoms with Crippen LogP contribution in [0.2, 0.25) is 0 Å². The SMILES string of the molecule is CCCC1CCC(C2CCC(C3CCCC(OC)C3)CC2)CC1. The minimum atomic E-state index is 0.570. The van der Waals surface area contributed by atoms with Gasteiger partial charge < -0.3 is 4.74 Å². The van der Waals surface area contributed by atoms with Gasteiger partial charge in [0.25, 0.3) is 0 Å². The number of hydrogen-bond donors (Lipinski definition) is 0. The monoisotopic (exact) mass is 320 g/mol. The maximum atomic E-state index is 5.66. The molecule has 0 aromatic heterocycles. The van der Waals surface area contributed by atoms with Crippen molar-refractivity contribution < 1.29 is 4.74 Å². The van der Waals surface area contributed by atoms with Crippen molar-refractivity contribution in [1.29, 1.82) is 0 Å². The van der Waals surface area contributed by atoms with Gasteiger partial charge in [-0.1, -0.05) is 39.0 Å². The molecule has 0 aromatic rings. The van der Waals surface area contributed by atoms with E-state index in [9.17, 15) is 0 Å². The fraction of sp³-hybridized carbons (Fsp3) is 1.00. The van der Waals surface area contributed by atoms with Crippen LogP contribution in [0.1, 0.15) is 96.8 Å². The van der Waals surface area contributed by atoms with E-state index in [1.165, 1.54) is 64.2 Å². The summed E-state index contributed by atoms with van der Waals surface area (Å²) in [5.74, 6) is 5.24. The van der Waals surface area contributed by atoms with Crippen molar-refractivity contribution >= 4 is 0 Å². The lowest BCUT2D eigenvalue weighted by Crippen LogP contribution is -2.31. The molecule has 3 aliphatic carbocycles. The van der Waals surface area contributed by atoms with Crippen LogP contribution in [0.3, 0.4) is 0 Å². The van der Waals surface area contributed by atoms with E-state index in [4.69, 9.17) is 4.74 Å². The van der Waals surface area contributed by atoms with Gasteiger partial charge in [-0.15, -0.1) is 0 Å². The van der Waals surface area contributed by atoms with Crippen LogP contribution >= 0.6 is 0 Å². The highest BCUT2D eigenvalue weighted by atomic mass is 16.5. The number of rotatable bonds is 5. The fourth-order valence-corrected chi connectivity index (χ4v) is 6.27. The van der Waals surface area contributed by atoms with Crippen molar-refractivity contribution in [3.8, 4) is 0 Å². The summed E-state index contributed by atoms with van der Waals surface area (Å²) in [6, 6.07) is 0. The molecule has 3 rings (SSSR count). The summed E-state index contributed by atoms with van der Waals surface area (Å²) in [4.78, 5) is 0. The van der Waals surface area contributed by atoms with Gasteiger partial charge in [-0.2, -0.15) is 0 Å². The van der Waals surface area contributed by atoms with Gasteiger partial charge in [0, 0.05) is 7.11 Å². The zero-order valence-electron chi connectivity index (χ0n) is 15.8. The second kappa shape index (κ2) is 8.88. The van der Waals surface area contributed by atoms with E-state index < -0.39 is 0 Å². The fourth-order valence-electron chi connectivity index (χ4n) is 6.27. The third-order valence-corrected chi connectivity index (χ3v) is 7.74. The molecule has 1 heteroatoms. The molecule has 134 valence electrons. The first-order valence-corrected chi connectivity index (χ1v) is 10.8. The lowest BCUT2D eigenvalue weighted by molar-refractivity contribution is 0.0246. The van der Waals surface area contributed by atoms with Crippen LogP contribution in [-0.2, 0) is 4.74 Å². The number of methoxy groups -OCH3 is 1. The first kappa shape index (κ1) is 17.8. The zero-order chi connectivity index (χ0) is 16.1. The average Bonchev–Trinajstić information content (AvgIpc) is 2.63. The molecule has 0 saturated heterocycles. The normalized spacial score (nSPS) is 42.5.